The van der Waals surface area contributed by atoms with Crippen molar-refractivity contribution in [3.8, 4) is 0 Å². The maximum absolute atomic E-state index is 9.74. The van der Waals surface area contributed by atoms with Crippen molar-refractivity contribution in [2.75, 3.05) is 13.2 Å². The molecule has 0 radical (unpaired) electrons. The normalized spacial score (nSPS) is 28.9. The lowest BCUT2D eigenvalue weighted by molar-refractivity contribution is 0.0732. The molecule has 2 aliphatic rings. The van der Waals surface area contributed by atoms with Gasteiger partial charge in [0.25, 0.3) is 0 Å². The first-order chi connectivity index (χ1) is 9.81. The molecule has 0 bridgehead atoms. The van der Waals surface area contributed by atoms with Crippen LogP contribution in [0.25, 0.3) is 0 Å². The number of aliphatic hydroxyl groups excluding tert-OH is 1. The zero-order valence-electron chi connectivity index (χ0n) is 12.4. The fourth-order valence-corrected chi connectivity index (χ4v) is 3.84. The molecule has 2 saturated carbocycles. The van der Waals surface area contributed by atoms with Crippen molar-refractivity contribution in [1.29, 1.82) is 0 Å². The van der Waals surface area contributed by atoms with Crippen LogP contribution in [-0.2, 0) is 0 Å². The lowest BCUT2D eigenvalue weighted by Gasteiger charge is -2.41. The number of benzene rings is 1. The Hall–Kier alpha value is -0.860. The number of aliphatic hydroxyl groups is 1. The summed E-state index contributed by atoms with van der Waals surface area (Å²) in [6.45, 7) is 1.37. The molecule has 0 heterocycles. The summed E-state index contributed by atoms with van der Waals surface area (Å²) in [5.74, 6) is 0.741. The summed E-state index contributed by atoms with van der Waals surface area (Å²) in [5, 5.41) is 13.5. The third-order valence-corrected chi connectivity index (χ3v) is 5.42. The molecule has 2 fully saturated rings. The average molecular weight is 273 g/mol. The van der Waals surface area contributed by atoms with Gasteiger partial charge in [0.15, 0.2) is 0 Å². The van der Waals surface area contributed by atoms with Gasteiger partial charge in [-0.1, -0.05) is 49.6 Å². The largest absolute Gasteiger partial charge is 0.396 e. The summed E-state index contributed by atoms with van der Waals surface area (Å²) in [4.78, 5) is 0. The van der Waals surface area contributed by atoms with Crippen LogP contribution in [0.5, 0.6) is 0 Å². The SMILES string of the molecule is OCC1(CNC2CC(c3ccccc3)C2)CCCCC1. The monoisotopic (exact) mass is 273 g/mol. The Kier molecular flexibility index (Phi) is 4.42. The Morgan fingerprint density at radius 3 is 2.40 bits per heavy atom. The highest BCUT2D eigenvalue weighted by atomic mass is 16.3. The highest BCUT2D eigenvalue weighted by Gasteiger charge is 2.35. The first-order valence-electron chi connectivity index (χ1n) is 8.21. The predicted octanol–water partition coefficient (Wildman–Crippen LogP) is 3.47. The minimum absolute atomic E-state index is 0.177. The first-order valence-corrected chi connectivity index (χ1v) is 8.21. The van der Waals surface area contributed by atoms with Gasteiger partial charge in [0.05, 0.1) is 0 Å². The Bertz CT molecular complexity index is 405. The van der Waals surface area contributed by atoms with Crippen LogP contribution in [0.4, 0.5) is 0 Å². The van der Waals surface area contributed by atoms with E-state index in [4.69, 9.17) is 0 Å². The van der Waals surface area contributed by atoms with Crippen LogP contribution >= 0.6 is 0 Å². The Morgan fingerprint density at radius 1 is 1.05 bits per heavy atom. The van der Waals surface area contributed by atoms with Crippen molar-refractivity contribution >= 4 is 0 Å². The van der Waals surface area contributed by atoms with Crippen LogP contribution in [0, 0.1) is 5.41 Å². The van der Waals surface area contributed by atoms with E-state index in [-0.39, 0.29) is 5.41 Å². The van der Waals surface area contributed by atoms with Gasteiger partial charge in [0, 0.05) is 24.6 Å². The maximum Gasteiger partial charge on any atom is 0.0499 e. The molecule has 1 aromatic rings. The van der Waals surface area contributed by atoms with Crippen LogP contribution in [0.15, 0.2) is 30.3 Å². The second kappa shape index (κ2) is 6.28. The lowest BCUT2D eigenvalue weighted by Crippen LogP contribution is -2.47. The molecule has 110 valence electrons. The van der Waals surface area contributed by atoms with Crippen LogP contribution in [0.2, 0.25) is 0 Å². The predicted molar refractivity (Wildman–Crippen MR) is 82.8 cm³/mol. The van der Waals surface area contributed by atoms with Gasteiger partial charge < -0.3 is 10.4 Å². The second-order valence-corrected chi connectivity index (χ2v) is 6.88. The molecule has 0 amide bonds. The number of hydrogen-bond acceptors (Lipinski definition) is 2. The van der Waals surface area contributed by atoms with Gasteiger partial charge in [-0.2, -0.15) is 0 Å². The molecule has 2 aliphatic carbocycles. The van der Waals surface area contributed by atoms with E-state index in [9.17, 15) is 5.11 Å². The Labute approximate surface area is 122 Å². The molecule has 0 saturated heterocycles. The maximum atomic E-state index is 9.74. The zero-order valence-corrected chi connectivity index (χ0v) is 12.4. The molecule has 0 unspecified atom stereocenters. The number of hydrogen-bond donors (Lipinski definition) is 2. The quantitative estimate of drug-likeness (QED) is 0.861. The standard InChI is InChI=1S/C18H27NO/c20-14-18(9-5-2-6-10-18)13-19-17-11-16(12-17)15-7-3-1-4-8-15/h1,3-4,7-8,16-17,19-20H,2,5-6,9-14H2. The molecule has 0 aromatic heterocycles. The van der Waals surface area contributed by atoms with Crippen molar-refractivity contribution < 1.29 is 5.11 Å². The molecule has 0 atom stereocenters. The van der Waals surface area contributed by atoms with Gasteiger partial charge in [-0.15, -0.1) is 0 Å². The lowest BCUT2D eigenvalue weighted by atomic mass is 9.72. The van der Waals surface area contributed by atoms with Crippen LogP contribution < -0.4 is 5.32 Å². The third kappa shape index (κ3) is 3.07. The van der Waals surface area contributed by atoms with E-state index in [1.807, 2.05) is 0 Å². The summed E-state index contributed by atoms with van der Waals surface area (Å²) < 4.78 is 0. The zero-order chi connectivity index (χ0) is 13.8. The third-order valence-electron chi connectivity index (χ3n) is 5.42. The minimum atomic E-state index is 0.177. The summed E-state index contributed by atoms with van der Waals surface area (Å²) >= 11 is 0. The van der Waals surface area contributed by atoms with Crippen molar-refractivity contribution in [2.45, 2.75) is 56.9 Å². The van der Waals surface area contributed by atoms with E-state index < -0.39 is 0 Å². The van der Waals surface area contributed by atoms with Crippen molar-refractivity contribution in [3.05, 3.63) is 35.9 Å². The Morgan fingerprint density at radius 2 is 1.75 bits per heavy atom. The van der Waals surface area contributed by atoms with E-state index >= 15 is 0 Å². The smallest absolute Gasteiger partial charge is 0.0499 e. The molecule has 1 aromatic carbocycles. The molecule has 20 heavy (non-hydrogen) atoms. The first kappa shape index (κ1) is 14.1. The van der Waals surface area contributed by atoms with Gasteiger partial charge in [0.2, 0.25) is 0 Å². The average Bonchev–Trinajstić information content (AvgIpc) is 2.48. The van der Waals surface area contributed by atoms with Crippen molar-refractivity contribution in [3.63, 3.8) is 0 Å². The van der Waals surface area contributed by atoms with Gasteiger partial charge in [-0.05, 0) is 37.2 Å². The van der Waals surface area contributed by atoms with Gasteiger partial charge in [0.1, 0.15) is 0 Å². The number of rotatable bonds is 5. The molecule has 0 aliphatic heterocycles. The summed E-state index contributed by atoms with van der Waals surface area (Å²) in [6.07, 6.45) is 8.84. The summed E-state index contributed by atoms with van der Waals surface area (Å²) in [5.41, 5.74) is 1.66. The topological polar surface area (TPSA) is 32.3 Å². The van der Waals surface area contributed by atoms with E-state index in [0.29, 0.717) is 12.6 Å². The summed E-state index contributed by atoms with van der Waals surface area (Å²) in [7, 11) is 0. The molecule has 2 N–H and O–H groups in total. The molecule has 3 rings (SSSR count). The van der Waals surface area contributed by atoms with Gasteiger partial charge in [-0.3, -0.25) is 0 Å². The highest BCUT2D eigenvalue weighted by molar-refractivity contribution is 5.22. The summed E-state index contributed by atoms with van der Waals surface area (Å²) in [6, 6.07) is 11.5. The fourth-order valence-electron chi connectivity index (χ4n) is 3.84. The molecular formula is C18H27NO. The fraction of sp³-hybridized carbons (Fsp3) is 0.667. The van der Waals surface area contributed by atoms with E-state index in [1.165, 1.54) is 50.5 Å². The van der Waals surface area contributed by atoms with Gasteiger partial charge >= 0.3 is 0 Å². The molecule has 0 spiro atoms. The van der Waals surface area contributed by atoms with Gasteiger partial charge in [-0.25, -0.2) is 0 Å². The molecule has 2 nitrogen and oxygen atoms in total. The van der Waals surface area contributed by atoms with Crippen LogP contribution in [0.1, 0.15) is 56.4 Å². The number of nitrogens with one attached hydrogen (secondary N) is 1. The molecule has 2 heteroatoms. The van der Waals surface area contributed by atoms with E-state index in [0.717, 1.165) is 12.5 Å². The van der Waals surface area contributed by atoms with Crippen molar-refractivity contribution in [2.24, 2.45) is 5.41 Å². The Balaban J connectivity index is 1.45. The van der Waals surface area contributed by atoms with E-state index in [2.05, 4.69) is 35.6 Å². The van der Waals surface area contributed by atoms with Crippen LogP contribution in [-0.4, -0.2) is 24.3 Å². The van der Waals surface area contributed by atoms with Crippen molar-refractivity contribution in [1.82, 2.24) is 5.32 Å². The minimum Gasteiger partial charge on any atom is -0.396 e. The second-order valence-electron chi connectivity index (χ2n) is 6.88. The van der Waals surface area contributed by atoms with E-state index in [1.54, 1.807) is 0 Å². The molecular weight excluding hydrogens is 246 g/mol. The highest BCUT2D eigenvalue weighted by Crippen LogP contribution is 2.39. The van der Waals surface area contributed by atoms with Crippen LogP contribution in [0.3, 0.4) is 0 Å².